The van der Waals surface area contributed by atoms with Gasteiger partial charge in [0.25, 0.3) is 0 Å². The van der Waals surface area contributed by atoms with E-state index in [1.807, 2.05) is 6.07 Å². The molecule has 15 heavy (non-hydrogen) atoms. The van der Waals surface area contributed by atoms with E-state index in [0.29, 0.717) is 18.2 Å². The highest BCUT2D eigenvalue weighted by molar-refractivity contribution is 5.95. The molecule has 1 fully saturated rings. The molecule has 0 radical (unpaired) electrons. The third kappa shape index (κ3) is 2.91. The quantitative estimate of drug-likeness (QED) is 0.704. The van der Waals surface area contributed by atoms with E-state index in [2.05, 4.69) is 10.3 Å². The van der Waals surface area contributed by atoms with Gasteiger partial charge in [-0.3, -0.25) is 4.79 Å². The van der Waals surface area contributed by atoms with E-state index in [0.717, 1.165) is 19.5 Å². The Balaban J connectivity index is 1.67. The monoisotopic (exact) mass is 208 g/mol. The summed E-state index contributed by atoms with van der Waals surface area (Å²) in [6, 6.07) is 3.58. The standard InChI is InChI=1S/C11H16N2O2/c14-11(10-2-1-4-13-10)8-15-7-9-3-5-12-6-9/h1-2,4,9,12-13H,3,5-8H2/t9-/m1/s1. The van der Waals surface area contributed by atoms with Gasteiger partial charge in [0.15, 0.2) is 0 Å². The first-order valence-electron chi connectivity index (χ1n) is 5.31. The number of ketones is 1. The number of H-pyrrole nitrogens is 1. The number of ether oxygens (including phenoxy) is 1. The van der Waals surface area contributed by atoms with Gasteiger partial charge in [-0.05, 0) is 31.0 Å². The topological polar surface area (TPSA) is 54.1 Å². The fourth-order valence-electron chi connectivity index (χ4n) is 1.76. The third-order valence-corrected chi connectivity index (χ3v) is 2.65. The van der Waals surface area contributed by atoms with Crippen LogP contribution in [0.15, 0.2) is 18.3 Å². The van der Waals surface area contributed by atoms with Crippen LogP contribution >= 0.6 is 0 Å². The molecule has 0 aromatic carbocycles. The Bertz CT molecular complexity index is 302. The van der Waals surface area contributed by atoms with Crippen molar-refractivity contribution in [2.24, 2.45) is 5.92 Å². The van der Waals surface area contributed by atoms with E-state index in [9.17, 15) is 4.79 Å². The number of aromatic nitrogens is 1. The Morgan fingerprint density at radius 2 is 2.53 bits per heavy atom. The second-order valence-corrected chi connectivity index (χ2v) is 3.88. The number of nitrogens with one attached hydrogen (secondary N) is 2. The minimum absolute atomic E-state index is 0.0194. The molecule has 1 saturated heterocycles. The molecule has 4 nitrogen and oxygen atoms in total. The molecule has 0 amide bonds. The molecular formula is C11H16N2O2. The number of carbonyl (C=O) groups excluding carboxylic acids is 1. The van der Waals surface area contributed by atoms with E-state index >= 15 is 0 Å². The molecule has 2 N–H and O–H groups in total. The number of Topliss-reactive ketones (excluding diaryl/α,β-unsaturated/α-hetero) is 1. The molecule has 0 saturated carbocycles. The summed E-state index contributed by atoms with van der Waals surface area (Å²) in [5.74, 6) is 0.590. The molecule has 2 rings (SSSR count). The number of hydrogen-bond donors (Lipinski definition) is 2. The maximum Gasteiger partial charge on any atom is 0.204 e. The predicted molar refractivity (Wildman–Crippen MR) is 56.9 cm³/mol. The molecule has 1 aromatic rings. The average molecular weight is 208 g/mol. The van der Waals surface area contributed by atoms with Gasteiger partial charge in [0.2, 0.25) is 5.78 Å². The molecule has 1 aliphatic heterocycles. The Labute approximate surface area is 89.0 Å². The second kappa shape index (κ2) is 5.09. The summed E-state index contributed by atoms with van der Waals surface area (Å²) in [5, 5.41) is 3.27. The van der Waals surface area contributed by atoms with Crippen molar-refractivity contribution in [1.29, 1.82) is 0 Å². The fraction of sp³-hybridized carbons (Fsp3) is 0.545. The SMILES string of the molecule is O=C(COC[C@@H]1CCNC1)c1ccc[nH]1. The van der Waals surface area contributed by atoms with Crippen LogP contribution in [0.2, 0.25) is 0 Å². The van der Waals surface area contributed by atoms with E-state index in [1.54, 1.807) is 12.3 Å². The lowest BCUT2D eigenvalue weighted by molar-refractivity contribution is 0.0688. The zero-order chi connectivity index (χ0) is 10.5. The largest absolute Gasteiger partial charge is 0.373 e. The Morgan fingerprint density at radius 1 is 1.60 bits per heavy atom. The van der Waals surface area contributed by atoms with Gasteiger partial charge in [0, 0.05) is 12.7 Å². The summed E-state index contributed by atoms with van der Waals surface area (Å²) in [5.41, 5.74) is 0.625. The van der Waals surface area contributed by atoms with Gasteiger partial charge in [-0.1, -0.05) is 0 Å². The highest BCUT2D eigenvalue weighted by Crippen LogP contribution is 2.07. The Kier molecular flexibility index (Phi) is 3.53. The highest BCUT2D eigenvalue weighted by atomic mass is 16.5. The van der Waals surface area contributed by atoms with Gasteiger partial charge in [-0.2, -0.15) is 0 Å². The van der Waals surface area contributed by atoms with E-state index in [-0.39, 0.29) is 12.4 Å². The van der Waals surface area contributed by atoms with Crippen LogP contribution in [0.1, 0.15) is 16.9 Å². The van der Waals surface area contributed by atoms with Crippen molar-refractivity contribution in [3.63, 3.8) is 0 Å². The third-order valence-electron chi connectivity index (χ3n) is 2.65. The van der Waals surface area contributed by atoms with Crippen molar-refractivity contribution in [3.8, 4) is 0 Å². The Morgan fingerprint density at radius 3 is 3.20 bits per heavy atom. The molecule has 1 aromatic heterocycles. The Hall–Kier alpha value is -1.13. The van der Waals surface area contributed by atoms with Crippen LogP contribution in [0, 0.1) is 5.92 Å². The first kappa shape index (κ1) is 10.4. The van der Waals surface area contributed by atoms with Crippen molar-refractivity contribution in [1.82, 2.24) is 10.3 Å². The van der Waals surface area contributed by atoms with Crippen molar-refractivity contribution in [3.05, 3.63) is 24.0 Å². The zero-order valence-corrected chi connectivity index (χ0v) is 8.66. The summed E-state index contributed by atoms with van der Waals surface area (Å²) in [4.78, 5) is 14.4. The first-order valence-corrected chi connectivity index (χ1v) is 5.31. The van der Waals surface area contributed by atoms with Crippen molar-refractivity contribution >= 4 is 5.78 Å². The van der Waals surface area contributed by atoms with Crippen LogP contribution in [0.25, 0.3) is 0 Å². The lowest BCUT2D eigenvalue weighted by Gasteiger charge is -2.07. The van der Waals surface area contributed by atoms with E-state index in [1.165, 1.54) is 0 Å². The summed E-state index contributed by atoms with van der Waals surface area (Å²) < 4.78 is 5.39. The minimum atomic E-state index is 0.0194. The number of hydrogen-bond acceptors (Lipinski definition) is 3. The normalized spacial score (nSPS) is 20.7. The van der Waals surface area contributed by atoms with Crippen LogP contribution < -0.4 is 5.32 Å². The van der Waals surface area contributed by atoms with Gasteiger partial charge >= 0.3 is 0 Å². The predicted octanol–water partition coefficient (Wildman–Crippen LogP) is 0.823. The van der Waals surface area contributed by atoms with Crippen LogP contribution in [0.5, 0.6) is 0 Å². The van der Waals surface area contributed by atoms with Crippen LogP contribution in [-0.2, 0) is 4.74 Å². The van der Waals surface area contributed by atoms with Gasteiger partial charge in [0.05, 0.1) is 12.3 Å². The van der Waals surface area contributed by atoms with Crippen LogP contribution in [-0.4, -0.2) is 37.1 Å². The van der Waals surface area contributed by atoms with Gasteiger partial charge < -0.3 is 15.0 Å². The summed E-state index contributed by atoms with van der Waals surface area (Å²) in [7, 11) is 0. The van der Waals surface area contributed by atoms with Gasteiger partial charge in [-0.25, -0.2) is 0 Å². The molecule has 1 atom stereocenters. The molecule has 0 spiro atoms. The molecular weight excluding hydrogens is 192 g/mol. The summed E-state index contributed by atoms with van der Waals surface area (Å²) in [6.07, 6.45) is 2.89. The molecule has 0 unspecified atom stereocenters. The molecule has 0 aliphatic carbocycles. The zero-order valence-electron chi connectivity index (χ0n) is 8.66. The summed E-state index contributed by atoms with van der Waals surface area (Å²) >= 11 is 0. The first-order chi connectivity index (χ1) is 7.36. The van der Waals surface area contributed by atoms with Crippen molar-refractivity contribution in [2.45, 2.75) is 6.42 Å². The lowest BCUT2D eigenvalue weighted by atomic mass is 10.1. The highest BCUT2D eigenvalue weighted by Gasteiger charge is 2.15. The van der Waals surface area contributed by atoms with Crippen LogP contribution in [0.4, 0.5) is 0 Å². The number of rotatable bonds is 5. The van der Waals surface area contributed by atoms with E-state index < -0.39 is 0 Å². The van der Waals surface area contributed by atoms with Crippen molar-refractivity contribution in [2.75, 3.05) is 26.3 Å². The second-order valence-electron chi connectivity index (χ2n) is 3.88. The molecule has 0 bridgehead atoms. The maximum absolute atomic E-state index is 11.5. The van der Waals surface area contributed by atoms with Crippen LogP contribution in [0.3, 0.4) is 0 Å². The fourth-order valence-corrected chi connectivity index (χ4v) is 1.76. The number of carbonyl (C=O) groups is 1. The molecule has 82 valence electrons. The number of aromatic amines is 1. The maximum atomic E-state index is 11.5. The molecule has 1 aliphatic rings. The van der Waals surface area contributed by atoms with Gasteiger partial charge in [-0.15, -0.1) is 0 Å². The molecule has 2 heterocycles. The van der Waals surface area contributed by atoms with Gasteiger partial charge in [0.1, 0.15) is 6.61 Å². The molecule has 4 heteroatoms. The van der Waals surface area contributed by atoms with E-state index in [4.69, 9.17) is 4.74 Å². The minimum Gasteiger partial charge on any atom is -0.373 e. The summed E-state index contributed by atoms with van der Waals surface area (Å²) in [6.45, 7) is 2.94. The van der Waals surface area contributed by atoms with Crippen molar-refractivity contribution < 1.29 is 9.53 Å². The smallest absolute Gasteiger partial charge is 0.204 e. The average Bonchev–Trinajstić information content (AvgIpc) is 2.90. The lowest BCUT2D eigenvalue weighted by Crippen LogP contribution is -2.17.